The molecule has 220 valence electrons. The molecule has 0 amide bonds. The van der Waals surface area contributed by atoms with Crippen LogP contribution in [0.1, 0.15) is 83.8 Å². The highest BCUT2D eigenvalue weighted by Crippen LogP contribution is 2.68. The molecule has 8 atom stereocenters. The molecule has 3 saturated carbocycles. The van der Waals surface area contributed by atoms with E-state index in [1.165, 1.54) is 24.0 Å². The van der Waals surface area contributed by atoms with Crippen LogP contribution >= 0.6 is 0 Å². The maximum absolute atomic E-state index is 12.8. The number of allylic oxidation sites excluding steroid dienone is 1. The van der Waals surface area contributed by atoms with Crippen molar-refractivity contribution in [2.45, 2.75) is 91.5 Å². The number of carbonyl (C=O) groups is 1. The molecule has 0 aromatic heterocycles. The maximum atomic E-state index is 12.8. The van der Waals surface area contributed by atoms with Crippen molar-refractivity contribution in [3.05, 3.63) is 77.4 Å². The van der Waals surface area contributed by atoms with Gasteiger partial charge in [-0.05, 0) is 110 Å². The van der Waals surface area contributed by atoms with Crippen LogP contribution < -0.4 is 4.74 Å². The number of ketones is 1. The van der Waals surface area contributed by atoms with E-state index >= 15 is 0 Å². The molecule has 41 heavy (non-hydrogen) atoms. The molecule has 3 fully saturated rings. The number of benzene rings is 2. The molecule has 4 aliphatic carbocycles. The van der Waals surface area contributed by atoms with E-state index in [9.17, 15) is 9.90 Å². The number of fused-ring (bicyclic) bond motifs is 5. The Labute approximate surface area is 246 Å². The minimum Gasteiger partial charge on any atom is -0.494 e. The molecule has 2 unspecified atom stereocenters. The van der Waals surface area contributed by atoms with E-state index < -0.39 is 5.79 Å². The molecule has 0 bridgehead atoms. The SMILES string of the molecule is CCOc1ccc(COC2(O)CC[C@@]3(C)C(=CC(Cc4ccccc4)[C@H]4[C@@H]5CC[C@H](C(C)=O)[C@@]5(C)CC[C@@H]43)C2)cc1. The van der Waals surface area contributed by atoms with Gasteiger partial charge in [-0.3, -0.25) is 4.79 Å². The van der Waals surface area contributed by atoms with Gasteiger partial charge in [0.25, 0.3) is 0 Å². The number of rotatable bonds is 8. The van der Waals surface area contributed by atoms with E-state index in [0.29, 0.717) is 55.5 Å². The number of hydrogen-bond donors (Lipinski definition) is 1. The Bertz CT molecular complexity index is 1270. The van der Waals surface area contributed by atoms with Crippen LogP contribution in [0.2, 0.25) is 0 Å². The largest absolute Gasteiger partial charge is 0.494 e. The van der Waals surface area contributed by atoms with Gasteiger partial charge < -0.3 is 14.6 Å². The van der Waals surface area contributed by atoms with Crippen LogP contribution in [-0.2, 0) is 22.6 Å². The number of carbonyl (C=O) groups excluding carboxylic acids is 1. The van der Waals surface area contributed by atoms with Gasteiger partial charge in [0.05, 0.1) is 13.2 Å². The quantitative estimate of drug-likeness (QED) is 0.265. The lowest BCUT2D eigenvalue weighted by Crippen LogP contribution is -2.55. The lowest BCUT2D eigenvalue weighted by atomic mass is 9.44. The monoisotopic (exact) mass is 556 g/mol. The standard InChI is InChI=1S/C37H48O4/c1-5-40-30-13-11-27(12-14-30)24-41-37(39)20-19-35(3)29(23-37)22-28(21-26-9-7-6-8-10-26)34-32-16-15-31(25(2)38)36(32,4)18-17-33(34)35/h6-14,22,28,31-34,39H,5,15-21,23-24H2,1-4H3/t28?,31-,32+,33+,34+,35+,36-,37?/m1/s1. The van der Waals surface area contributed by atoms with E-state index in [1.54, 1.807) is 0 Å². The summed E-state index contributed by atoms with van der Waals surface area (Å²) in [5.41, 5.74) is 4.00. The van der Waals surface area contributed by atoms with Gasteiger partial charge in [0.2, 0.25) is 0 Å². The fraction of sp³-hybridized carbons (Fsp3) is 0.595. The normalized spacial score (nSPS) is 37.9. The van der Waals surface area contributed by atoms with E-state index in [4.69, 9.17) is 9.47 Å². The van der Waals surface area contributed by atoms with Gasteiger partial charge in [-0.25, -0.2) is 0 Å². The molecule has 0 aliphatic heterocycles. The van der Waals surface area contributed by atoms with E-state index in [-0.39, 0.29) is 16.7 Å². The van der Waals surface area contributed by atoms with Crippen molar-refractivity contribution in [1.29, 1.82) is 0 Å². The molecule has 0 heterocycles. The zero-order valence-corrected chi connectivity index (χ0v) is 25.4. The van der Waals surface area contributed by atoms with Crippen molar-refractivity contribution in [3.63, 3.8) is 0 Å². The van der Waals surface area contributed by atoms with Gasteiger partial charge in [0.15, 0.2) is 5.79 Å². The van der Waals surface area contributed by atoms with Crippen LogP contribution in [0.4, 0.5) is 0 Å². The molecule has 0 radical (unpaired) electrons. The molecule has 4 heteroatoms. The summed E-state index contributed by atoms with van der Waals surface area (Å²) in [5, 5.41) is 11.8. The molecule has 0 saturated heterocycles. The second-order valence-corrected chi connectivity index (χ2v) is 14.0. The van der Waals surface area contributed by atoms with Crippen molar-refractivity contribution >= 4 is 5.78 Å². The number of hydrogen-bond acceptors (Lipinski definition) is 4. The Morgan fingerprint density at radius 2 is 1.68 bits per heavy atom. The molecule has 1 N–H and O–H groups in total. The fourth-order valence-electron chi connectivity index (χ4n) is 9.72. The first kappa shape index (κ1) is 28.7. The molecule has 2 aromatic rings. The van der Waals surface area contributed by atoms with Gasteiger partial charge in [0.1, 0.15) is 11.5 Å². The zero-order valence-electron chi connectivity index (χ0n) is 25.4. The zero-order chi connectivity index (χ0) is 28.8. The third-order valence-corrected chi connectivity index (χ3v) is 11.8. The molecular weight excluding hydrogens is 508 g/mol. The van der Waals surface area contributed by atoms with Crippen LogP contribution in [0, 0.1) is 40.4 Å². The molecule has 4 nitrogen and oxygen atoms in total. The average Bonchev–Trinajstić information content (AvgIpc) is 3.32. The first-order valence-corrected chi connectivity index (χ1v) is 16.0. The highest BCUT2D eigenvalue weighted by atomic mass is 16.6. The third-order valence-electron chi connectivity index (χ3n) is 11.8. The Morgan fingerprint density at radius 1 is 0.927 bits per heavy atom. The molecule has 6 rings (SSSR count). The summed E-state index contributed by atoms with van der Waals surface area (Å²) in [7, 11) is 0. The van der Waals surface area contributed by atoms with E-state index in [2.05, 4.69) is 50.3 Å². The van der Waals surface area contributed by atoms with Gasteiger partial charge in [0, 0.05) is 18.8 Å². The average molecular weight is 557 g/mol. The van der Waals surface area contributed by atoms with E-state index in [1.807, 2.05) is 38.1 Å². The van der Waals surface area contributed by atoms with Crippen molar-refractivity contribution in [1.82, 2.24) is 0 Å². The van der Waals surface area contributed by atoms with Crippen LogP contribution in [0.5, 0.6) is 5.75 Å². The van der Waals surface area contributed by atoms with Crippen molar-refractivity contribution in [2.24, 2.45) is 40.4 Å². The first-order chi connectivity index (χ1) is 19.6. The van der Waals surface area contributed by atoms with Gasteiger partial charge in [-0.2, -0.15) is 0 Å². The summed E-state index contributed by atoms with van der Waals surface area (Å²) >= 11 is 0. The Hall–Kier alpha value is -2.43. The second kappa shape index (κ2) is 11.0. The van der Waals surface area contributed by atoms with Crippen LogP contribution in [0.3, 0.4) is 0 Å². The predicted molar refractivity (Wildman–Crippen MR) is 162 cm³/mol. The Balaban J connectivity index is 1.28. The predicted octanol–water partition coefficient (Wildman–Crippen LogP) is 7.93. The smallest absolute Gasteiger partial charge is 0.169 e. The van der Waals surface area contributed by atoms with Crippen molar-refractivity contribution in [3.8, 4) is 5.75 Å². The lowest BCUT2D eigenvalue weighted by Gasteiger charge is -2.60. The van der Waals surface area contributed by atoms with Crippen molar-refractivity contribution in [2.75, 3.05) is 6.61 Å². The summed E-state index contributed by atoms with van der Waals surface area (Å²) < 4.78 is 11.9. The minimum absolute atomic E-state index is 0.0717. The number of aliphatic hydroxyl groups is 1. The molecule has 4 aliphatic rings. The first-order valence-electron chi connectivity index (χ1n) is 16.0. The van der Waals surface area contributed by atoms with Crippen molar-refractivity contribution < 1.29 is 19.4 Å². The highest BCUT2D eigenvalue weighted by molar-refractivity contribution is 5.79. The Morgan fingerprint density at radius 3 is 2.39 bits per heavy atom. The summed E-state index contributed by atoms with van der Waals surface area (Å²) in [5.74, 6) is 2.44. The fourth-order valence-corrected chi connectivity index (χ4v) is 9.72. The molecule has 2 aromatic carbocycles. The summed E-state index contributed by atoms with van der Waals surface area (Å²) in [4.78, 5) is 12.8. The van der Waals surface area contributed by atoms with Gasteiger partial charge in [-0.1, -0.05) is 68.0 Å². The third kappa shape index (κ3) is 5.20. The number of ether oxygens (including phenoxy) is 2. The summed E-state index contributed by atoms with van der Waals surface area (Å²) in [6.07, 6.45) is 10.3. The van der Waals surface area contributed by atoms with E-state index in [0.717, 1.165) is 37.0 Å². The second-order valence-electron chi connectivity index (χ2n) is 14.0. The summed E-state index contributed by atoms with van der Waals surface area (Å²) in [6, 6.07) is 18.9. The Kier molecular flexibility index (Phi) is 7.70. The topological polar surface area (TPSA) is 55.8 Å². The van der Waals surface area contributed by atoms with Crippen LogP contribution in [0.25, 0.3) is 0 Å². The van der Waals surface area contributed by atoms with Crippen LogP contribution in [-0.4, -0.2) is 23.3 Å². The van der Waals surface area contributed by atoms with Gasteiger partial charge in [-0.15, -0.1) is 0 Å². The number of Topliss-reactive ketones (excluding diaryl/α,β-unsaturated/α-hetero) is 1. The maximum Gasteiger partial charge on any atom is 0.169 e. The molecular formula is C37H48O4. The molecule has 0 spiro atoms. The van der Waals surface area contributed by atoms with Gasteiger partial charge >= 0.3 is 0 Å². The summed E-state index contributed by atoms with van der Waals surface area (Å²) in [6.45, 7) is 9.75. The highest BCUT2D eigenvalue weighted by Gasteiger charge is 2.62. The minimum atomic E-state index is -1.15. The van der Waals surface area contributed by atoms with Crippen LogP contribution in [0.15, 0.2) is 66.2 Å². The lowest BCUT2D eigenvalue weighted by molar-refractivity contribution is -0.232.